The molecule has 0 saturated carbocycles. The smallest absolute Gasteiger partial charge is 0.262 e. The van der Waals surface area contributed by atoms with E-state index < -0.39 is 0 Å². The van der Waals surface area contributed by atoms with Crippen LogP contribution in [0.1, 0.15) is 18.5 Å². The number of methoxy groups -OCH3 is 1. The maximum Gasteiger partial charge on any atom is 0.262 e. The van der Waals surface area contributed by atoms with Crippen LogP contribution in [0.3, 0.4) is 0 Å². The van der Waals surface area contributed by atoms with E-state index in [1.54, 1.807) is 17.7 Å². The van der Waals surface area contributed by atoms with Crippen LogP contribution in [-0.2, 0) is 17.7 Å². The molecule has 24 heavy (non-hydrogen) atoms. The van der Waals surface area contributed by atoms with Gasteiger partial charge in [0.1, 0.15) is 5.52 Å². The van der Waals surface area contributed by atoms with Gasteiger partial charge in [-0.1, -0.05) is 11.6 Å². The number of rotatable bonds is 7. The molecule has 0 bridgehead atoms. The molecule has 1 aromatic carbocycles. The molecule has 2 heterocycles. The molecular formula is C17H21ClN4O2. The zero-order valence-corrected chi connectivity index (χ0v) is 14.4. The number of aromatic nitrogens is 3. The third kappa shape index (κ3) is 3.05. The van der Waals surface area contributed by atoms with Crippen molar-refractivity contribution >= 4 is 33.4 Å². The molecule has 0 spiro atoms. The largest absolute Gasteiger partial charge is 0.385 e. The molecule has 0 amide bonds. The summed E-state index contributed by atoms with van der Waals surface area (Å²) in [5, 5.41) is 9.55. The molecule has 3 N–H and O–H groups in total. The van der Waals surface area contributed by atoms with Gasteiger partial charge >= 0.3 is 0 Å². The van der Waals surface area contributed by atoms with E-state index in [4.69, 9.17) is 22.1 Å². The standard InChI is InChI=1S/C17H21ClN4O2/c1-24-9-2-4-13-15-16(21-20-13)12-10-11(18)5-6-14(12)22(17(15)23)8-3-7-19/h5-6,10H,2-4,7-9,19H2,1H3,(H,20,21). The van der Waals surface area contributed by atoms with Crippen molar-refractivity contribution in [3.8, 4) is 0 Å². The van der Waals surface area contributed by atoms with Crippen molar-refractivity contribution in [3.63, 3.8) is 0 Å². The van der Waals surface area contributed by atoms with Crippen LogP contribution in [0.5, 0.6) is 0 Å². The van der Waals surface area contributed by atoms with Crippen molar-refractivity contribution in [2.24, 2.45) is 5.73 Å². The summed E-state index contributed by atoms with van der Waals surface area (Å²) in [6.07, 6.45) is 2.27. The second-order valence-electron chi connectivity index (χ2n) is 5.78. The topological polar surface area (TPSA) is 85.9 Å². The molecule has 128 valence electrons. The number of hydrogen-bond donors (Lipinski definition) is 2. The summed E-state index contributed by atoms with van der Waals surface area (Å²) in [5.41, 5.74) is 7.95. The first-order chi connectivity index (χ1) is 11.7. The van der Waals surface area contributed by atoms with Crippen molar-refractivity contribution in [1.29, 1.82) is 0 Å². The Bertz CT molecular complexity index is 916. The Morgan fingerprint density at radius 2 is 2.21 bits per heavy atom. The molecule has 3 rings (SSSR count). The van der Waals surface area contributed by atoms with Gasteiger partial charge in [-0.25, -0.2) is 0 Å². The lowest BCUT2D eigenvalue weighted by molar-refractivity contribution is 0.195. The minimum absolute atomic E-state index is 0.0329. The molecule has 7 heteroatoms. The van der Waals surface area contributed by atoms with Gasteiger partial charge in [-0.05, 0) is 44.0 Å². The minimum Gasteiger partial charge on any atom is -0.385 e. The number of fused-ring (bicyclic) bond motifs is 3. The highest BCUT2D eigenvalue weighted by Gasteiger charge is 2.17. The van der Waals surface area contributed by atoms with Crippen molar-refractivity contribution < 1.29 is 4.74 Å². The molecule has 0 fully saturated rings. The highest BCUT2D eigenvalue weighted by atomic mass is 35.5. The average Bonchev–Trinajstić information content (AvgIpc) is 3.00. The third-order valence-electron chi connectivity index (χ3n) is 4.17. The van der Waals surface area contributed by atoms with Gasteiger partial charge in [-0.3, -0.25) is 9.89 Å². The fourth-order valence-corrected chi connectivity index (χ4v) is 3.20. The summed E-state index contributed by atoms with van der Waals surface area (Å²) in [5.74, 6) is 0. The van der Waals surface area contributed by atoms with E-state index >= 15 is 0 Å². The van der Waals surface area contributed by atoms with Gasteiger partial charge < -0.3 is 15.0 Å². The van der Waals surface area contributed by atoms with Crippen LogP contribution in [-0.4, -0.2) is 35.0 Å². The molecule has 0 aliphatic carbocycles. The van der Waals surface area contributed by atoms with Crippen LogP contribution in [0, 0.1) is 0 Å². The number of nitrogens with zero attached hydrogens (tertiary/aromatic N) is 2. The summed E-state index contributed by atoms with van der Waals surface area (Å²) in [4.78, 5) is 13.0. The van der Waals surface area contributed by atoms with Gasteiger partial charge in [0.15, 0.2) is 0 Å². The van der Waals surface area contributed by atoms with Crippen LogP contribution in [0.25, 0.3) is 21.8 Å². The number of pyridine rings is 1. The SMILES string of the molecule is COCCCc1[nH]nc2c1c(=O)n(CCCN)c1ccc(Cl)cc21. The van der Waals surface area contributed by atoms with E-state index in [1.165, 1.54) is 0 Å². The van der Waals surface area contributed by atoms with Crippen LogP contribution >= 0.6 is 11.6 Å². The number of aryl methyl sites for hydroxylation is 2. The first kappa shape index (κ1) is 17.0. The predicted octanol–water partition coefficient (Wildman–Crippen LogP) is 2.46. The van der Waals surface area contributed by atoms with Crippen LogP contribution in [0.15, 0.2) is 23.0 Å². The van der Waals surface area contributed by atoms with E-state index in [9.17, 15) is 4.79 Å². The fraction of sp³-hybridized carbons (Fsp3) is 0.412. The minimum atomic E-state index is -0.0329. The predicted molar refractivity (Wildman–Crippen MR) is 96.7 cm³/mol. The Kier molecular flexibility index (Phi) is 5.18. The summed E-state index contributed by atoms with van der Waals surface area (Å²) >= 11 is 6.16. The van der Waals surface area contributed by atoms with Crippen molar-refractivity contribution in [1.82, 2.24) is 14.8 Å². The molecule has 3 aromatic rings. The van der Waals surface area contributed by atoms with Gasteiger partial charge in [0.2, 0.25) is 0 Å². The number of ether oxygens (including phenoxy) is 1. The Morgan fingerprint density at radius 3 is 2.96 bits per heavy atom. The Labute approximate surface area is 144 Å². The van der Waals surface area contributed by atoms with Gasteiger partial charge in [0.25, 0.3) is 5.56 Å². The van der Waals surface area contributed by atoms with Crippen molar-refractivity contribution in [3.05, 3.63) is 39.3 Å². The lowest BCUT2D eigenvalue weighted by Gasteiger charge is -2.11. The number of halogens is 1. The van der Waals surface area contributed by atoms with E-state index in [-0.39, 0.29) is 5.56 Å². The molecule has 0 unspecified atom stereocenters. The monoisotopic (exact) mass is 348 g/mol. The second-order valence-corrected chi connectivity index (χ2v) is 6.22. The highest BCUT2D eigenvalue weighted by molar-refractivity contribution is 6.31. The molecule has 0 aliphatic rings. The lowest BCUT2D eigenvalue weighted by Crippen LogP contribution is -2.22. The first-order valence-corrected chi connectivity index (χ1v) is 8.43. The van der Waals surface area contributed by atoms with E-state index in [0.717, 1.165) is 29.4 Å². The Balaban J connectivity index is 2.24. The molecule has 0 saturated heterocycles. The van der Waals surface area contributed by atoms with E-state index in [1.807, 2.05) is 12.1 Å². The fourth-order valence-electron chi connectivity index (χ4n) is 3.03. The number of nitrogens with one attached hydrogen (secondary N) is 1. The van der Waals surface area contributed by atoms with Gasteiger partial charge in [0.05, 0.1) is 10.9 Å². The number of nitrogens with two attached hydrogens (primary N) is 1. The zero-order chi connectivity index (χ0) is 17.1. The van der Waals surface area contributed by atoms with Gasteiger partial charge in [0, 0.05) is 36.4 Å². The first-order valence-electron chi connectivity index (χ1n) is 8.05. The molecule has 0 atom stereocenters. The number of H-pyrrole nitrogens is 1. The summed E-state index contributed by atoms with van der Waals surface area (Å²) in [6.45, 7) is 1.75. The summed E-state index contributed by atoms with van der Waals surface area (Å²) in [6, 6.07) is 5.52. The van der Waals surface area contributed by atoms with Crippen LogP contribution in [0.2, 0.25) is 5.02 Å². The van der Waals surface area contributed by atoms with Crippen molar-refractivity contribution in [2.45, 2.75) is 25.8 Å². The molecule has 6 nitrogen and oxygen atoms in total. The highest BCUT2D eigenvalue weighted by Crippen LogP contribution is 2.26. The second kappa shape index (κ2) is 7.34. The third-order valence-corrected chi connectivity index (χ3v) is 4.40. The van der Waals surface area contributed by atoms with Crippen LogP contribution < -0.4 is 11.3 Å². The van der Waals surface area contributed by atoms with Crippen molar-refractivity contribution in [2.75, 3.05) is 20.3 Å². The maximum atomic E-state index is 13.0. The molecule has 0 aliphatic heterocycles. The Morgan fingerprint density at radius 1 is 1.38 bits per heavy atom. The number of benzene rings is 1. The van der Waals surface area contributed by atoms with Crippen LogP contribution in [0.4, 0.5) is 0 Å². The van der Waals surface area contributed by atoms with Gasteiger partial charge in [-0.2, -0.15) is 5.10 Å². The number of aromatic amines is 1. The van der Waals surface area contributed by atoms with E-state index in [0.29, 0.717) is 42.0 Å². The lowest BCUT2D eigenvalue weighted by atomic mass is 10.1. The maximum absolute atomic E-state index is 13.0. The molecule has 0 radical (unpaired) electrons. The summed E-state index contributed by atoms with van der Waals surface area (Å²) in [7, 11) is 1.67. The number of hydrogen-bond acceptors (Lipinski definition) is 4. The molecular weight excluding hydrogens is 328 g/mol. The Hall–Kier alpha value is -1.89. The normalized spacial score (nSPS) is 11.6. The van der Waals surface area contributed by atoms with E-state index in [2.05, 4.69) is 10.2 Å². The van der Waals surface area contributed by atoms with Gasteiger partial charge in [-0.15, -0.1) is 0 Å². The summed E-state index contributed by atoms with van der Waals surface area (Å²) < 4.78 is 6.87. The molecule has 2 aromatic heterocycles. The zero-order valence-electron chi connectivity index (χ0n) is 13.6. The average molecular weight is 349 g/mol. The quantitative estimate of drug-likeness (QED) is 0.642.